The molecule has 2 nitrogen and oxygen atoms in total. The van der Waals surface area contributed by atoms with Crippen LogP contribution in [0.3, 0.4) is 0 Å². The highest BCUT2D eigenvalue weighted by Crippen LogP contribution is 2.40. The normalized spacial score (nSPS) is 23.8. The van der Waals surface area contributed by atoms with Gasteiger partial charge in [-0.3, -0.25) is 0 Å². The van der Waals surface area contributed by atoms with Crippen molar-refractivity contribution < 1.29 is 0 Å². The van der Waals surface area contributed by atoms with Gasteiger partial charge >= 0.3 is 0 Å². The molecule has 2 rings (SSSR count). The van der Waals surface area contributed by atoms with Crippen LogP contribution in [0.2, 0.25) is 0 Å². The standard InChI is InChI=1S/C18H32N2S/c1-12(2)19-11-15-16(18(4,5)6)20-17(21-15)14-9-7-13(3)8-10-14/h12-14,19H,7-11H2,1-6H3. The third-order valence-corrected chi connectivity index (χ3v) is 5.68. The fourth-order valence-corrected chi connectivity index (χ4v) is 4.45. The van der Waals surface area contributed by atoms with Gasteiger partial charge in [0.15, 0.2) is 0 Å². The van der Waals surface area contributed by atoms with Crippen molar-refractivity contribution in [1.29, 1.82) is 0 Å². The SMILES string of the molecule is CC1CCC(c2nc(C(C)(C)C)c(CNC(C)C)s2)CC1. The highest BCUT2D eigenvalue weighted by Gasteiger charge is 2.28. The summed E-state index contributed by atoms with van der Waals surface area (Å²) in [6.07, 6.45) is 5.40. The van der Waals surface area contributed by atoms with Crippen molar-refractivity contribution in [2.24, 2.45) is 5.92 Å². The summed E-state index contributed by atoms with van der Waals surface area (Å²) >= 11 is 1.96. The molecule has 0 amide bonds. The molecule has 0 bridgehead atoms. The fourth-order valence-electron chi connectivity index (χ4n) is 3.05. The Labute approximate surface area is 134 Å². The molecule has 120 valence electrons. The first-order valence-corrected chi connectivity index (χ1v) is 9.32. The van der Waals surface area contributed by atoms with Crippen LogP contribution in [-0.2, 0) is 12.0 Å². The van der Waals surface area contributed by atoms with E-state index in [4.69, 9.17) is 4.98 Å². The van der Waals surface area contributed by atoms with Crippen molar-refractivity contribution >= 4 is 11.3 Å². The van der Waals surface area contributed by atoms with E-state index in [0.29, 0.717) is 12.0 Å². The second kappa shape index (κ2) is 6.78. The zero-order valence-corrected chi connectivity index (χ0v) is 15.4. The number of nitrogens with one attached hydrogen (secondary N) is 1. The van der Waals surface area contributed by atoms with Gasteiger partial charge < -0.3 is 5.32 Å². The smallest absolute Gasteiger partial charge is 0.0962 e. The van der Waals surface area contributed by atoms with Crippen LogP contribution in [0.1, 0.15) is 88.7 Å². The van der Waals surface area contributed by atoms with Crippen LogP contribution in [0, 0.1) is 5.92 Å². The van der Waals surface area contributed by atoms with Crippen molar-refractivity contribution in [2.75, 3.05) is 0 Å². The van der Waals surface area contributed by atoms with E-state index < -0.39 is 0 Å². The Morgan fingerprint density at radius 1 is 1.19 bits per heavy atom. The summed E-state index contributed by atoms with van der Waals surface area (Å²) in [7, 11) is 0. The van der Waals surface area contributed by atoms with Gasteiger partial charge in [-0.15, -0.1) is 11.3 Å². The molecule has 1 aromatic heterocycles. The molecule has 0 atom stereocenters. The third kappa shape index (κ3) is 4.53. The van der Waals surface area contributed by atoms with Gasteiger partial charge in [0, 0.05) is 28.8 Å². The Balaban J connectivity index is 2.19. The number of hydrogen-bond acceptors (Lipinski definition) is 3. The number of thiazole rings is 1. The molecule has 0 aliphatic heterocycles. The number of nitrogens with zero attached hydrogens (tertiary/aromatic N) is 1. The minimum atomic E-state index is 0.144. The summed E-state index contributed by atoms with van der Waals surface area (Å²) in [5.74, 6) is 1.62. The van der Waals surface area contributed by atoms with Gasteiger partial charge in [0.25, 0.3) is 0 Å². The first-order chi connectivity index (χ1) is 9.77. The lowest BCUT2D eigenvalue weighted by atomic mass is 9.83. The minimum Gasteiger partial charge on any atom is -0.310 e. The van der Waals surface area contributed by atoms with Crippen molar-refractivity contribution in [3.63, 3.8) is 0 Å². The van der Waals surface area contributed by atoms with E-state index in [1.54, 1.807) is 0 Å². The Morgan fingerprint density at radius 2 is 1.81 bits per heavy atom. The third-order valence-electron chi connectivity index (χ3n) is 4.46. The lowest BCUT2D eigenvalue weighted by Crippen LogP contribution is -2.23. The number of hydrogen-bond donors (Lipinski definition) is 1. The monoisotopic (exact) mass is 308 g/mol. The van der Waals surface area contributed by atoms with Crippen LogP contribution >= 0.6 is 11.3 Å². The van der Waals surface area contributed by atoms with Crippen LogP contribution in [-0.4, -0.2) is 11.0 Å². The molecule has 0 unspecified atom stereocenters. The predicted molar refractivity (Wildman–Crippen MR) is 93.2 cm³/mol. The first-order valence-electron chi connectivity index (χ1n) is 8.50. The minimum absolute atomic E-state index is 0.144. The largest absolute Gasteiger partial charge is 0.310 e. The zero-order valence-electron chi connectivity index (χ0n) is 14.6. The molecule has 1 saturated carbocycles. The molecule has 0 aromatic carbocycles. The lowest BCUT2D eigenvalue weighted by Gasteiger charge is -2.24. The van der Waals surface area contributed by atoms with Crippen molar-refractivity contribution in [3.8, 4) is 0 Å². The van der Waals surface area contributed by atoms with Crippen LogP contribution in [0.15, 0.2) is 0 Å². The predicted octanol–water partition coefficient (Wildman–Crippen LogP) is 5.23. The lowest BCUT2D eigenvalue weighted by molar-refractivity contribution is 0.346. The molecule has 1 N–H and O–H groups in total. The second-order valence-electron chi connectivity index (χ2n) is 8.07. The van der Waals surface area contributed by atoms with E-state index in [1.807, 2.05) is 11.3 Å². The molecule has 0 radical (unpaired) electrons. The quantitative estimate of drug-likeness (QED) is 0.823. The molecule has 1 fully saturated rings. The maximum Gasteiger partial charge on any atom is 0.0962 e. The molecule has 3 heteroatoms. The Bertz CT molecular complexity index is 448. The Hall–Kier alpha value is -0.410. The van der Waals surface area contributed by atoms with Gasteiger partial charge in [-0.05, 0) is 18.8 Å². The van der Waals surface area contributed by atoms with E-state index in [1.165, 1.54) is 41.3 Å². The van der Waals surface area contributed by atoms with Crippen LogP contribution < -0.4 is 5.32 Å². The highest BCUT2D eigenvalue weighted by atomic mass is 32.1. The van der Waals surface area contributed by atoms with Gasteiger partial charge in [0.1, 0.15) is 0 Å². The molecule has 0 spiro atoms. The zero-order chi connectivity index (χ0) is 15.6. The number of aromatic nitrogens is 1. The van der Waals surface area contributed by atoms with Gasteiger partial charge in [-0.1, -0.05) is 54.4 Å². The van der Waals surface area contributed by atoms with E-state index in [-0.39, 0.29) is 5.41 Å². The summed E-state index contributed by atoms with van der Waals surface area (Å²) < 4.78 is 0. The van der Waals surface area contributed by atoms with Crippen molar-refractivity contribution in [1.82, 2.24) is 10.3 Å². The topological polar surface area (TPSA) is 24.9 Å². The second-order valence-corrected chi connectivity index (χ2v) is 9.18. The van der Waals surface area contributed by atoms with Crippen molar-refractivity contribution in [3.05, 3.63) is 15.6 Å². The Morgan fingerprint density at radius 3 is 2.33 bits per heavy atom. The van der Waals surface area contributed by atoms with E-state index in [0.717, 1.165) is 12.5 Å². The van der Waals surface area contributed by atoms with Crippen molar-refractivity contribution in [2.45, 2.75) is 91.1 Å². The summed E-state index contributed by atoms with van der Waals surface area (Å²) in [5.41, 5.74) is 1.46. The maximum absolute atomic E-state index is 5.09. The van der Waals surface area contributed by atoms with E-state index in [9.17, 15) is 0 Å². The fraction of sp³-hybridized carbons (Fsp3) is 0.833. The molecule has 0 saturated heterocycles. The van der Waals surface area contributed by atoms with E-state index in [2.05, 4.69) is 46.9 Å². The average molecular weight is 309 g/mol. The molecule has 1 aromatic rings. The maximum atomic E-state index is 5.09. The van der Waals surface area contributed by atoms with Gasteiger partial charge in [0.2, 0.25) is 0 Å². The summed E-state index contributed by atoms with van der Waals surface area (Å²) in [4.78, 5) is 6.54. The van der Waals surface area contributed by atoms with E-state index >= 15 is 0 Å². The molecule has 1 aliphatic carbocycles. The van der Waals surface area contributed by atoms with Gasteiger partial charge in [0.05, 0.1) is 10.7 Å². The first kappa shape index (κ1) is 17.0. The molecule has 1 aliphatic rings. The summed E-state index contributed by atoms with van der Waals surface area (Å²) in [5, 5.41) is 4.96. The average Bonchev–Trinajstić information content (AvgIpc) is 2.81. The van der Waals surface area contributed by atoms with Crippen LogP contribution in [0.4, 0.5) is 0 Å². The summed E-state index contributed by atoms with van der Waals surface area (Å²) in [6.45, 7) is 14.6. The molecular weight excluding hydrogens is 276 g/mol. The highest BCUT2D eigenvalue weighted by molar-refractivity contribution is 7.11. The van der Waals surface area contributed by atoms with Crippen LogP contribution in [0.5, 0.6) is 0 Å². The number of rotatable bonds is 4. The van der Waals surface area contributed by atoms with Gasteiger partial charge in [-0.2, -0.15) is 0 Å². The molecular formula is C18H32N2S. The van der Waals surface area contributed by atoms with Crippen LogP contribution in [0.25, 0.3) is 0 Å². The summed E-state index contributed by atoms with van der Waals surface area (Å²) in [6, 6.07) is 0.527. The molecule has 21 heavy (non-hydrogen) atoms. The van der Waals surface area contributed by atoms with Gasteiger partial charge in [-0.25, -0.2) is 4.98 Å². The molecule has 1 heterocycles. The Kier molecular flexibility index (Phi) is 5.48.